The second-order valence-electron chi connectivity index (χ2n) is 8.19. The fourth-order valence-electron chi connectivity index (χ4n) is 4.83. The van der Waals surface area contributed by atoms with E-state index in [1.807, 2.05) is 6.92 Å². The summed E-state index contributed by atoms with van der Waals surface area (Å²) < 4.78 is 5.22. The van der Waals surface area contributed by atoms with Gasteiger partial charge in [0.25, 0.3) is 0 Å². The molecule has 2 amide bonds. The number of aryl methyl sites for hydroxylation is 1. The molecule has 4 rings (SSSR count). The molecule has 2 aromatic rings. The number of hydrogen-bond donors (Lipinski definition) is 3. The van der Waals surface area contributed by atoms with Gasteiger partial charge in [-0.05, 0) is 64.3 Å². The summed E-state index contributed by atoms with van der Waals surface area (Å²) in [7, 11) is 0. The van der Waals surface area contributed by atoms with Crippen LogP contribution in [0.15, 0.2) is 35.5 Å². The quantitative estimate of drug-likeness (QED) is 0.661. The number of ether oxygens (including phenoxy) is 1. The summed E-state index contributed by atoms with van der Waals surface area (Å²) in [6, 6.07) is 7.86. The van der Waals surface area contributed by atoms with E-state index in [1.165, 1.54) is 22.2 Å². The Morgan fingerprint density at radius 3 is 2.70 bits per heavy atom. The molecular formula is C23H30N4O3. The number of likely N-dealkylation sites (tertiary alicyclic amines) is 1. The molecule has 1 atom stereocenters. The SMILES string of the molecule is CCOC(=O)C1=C(CN2CCC(c3c(C)[nH]c4ccccc34)CC2)NC(=O)NC1C. The van der Waals surface area contributed by atoms with Gasteiger partial charge in [-0.2, -0.15) is 0 Å². The number of amides is 2. The third kappa shape index (κ3) is 3.94. The molecule has 2 aliphatic rings. The Kier molecular flexibility index (Phi) is 5.81. The molecule has 0 aliphatic carbocycles. The molecule has 160 valence electrons. The van der Waals surface area contributed by atoms with E-state index in [9.17, 15) is 9.59 Å². The number of hydrogen-bond acceptors (Lipinski definition) is 4. The third-order valence-corrected chi connectivity index (χ3v) is 6.19. The lowest BCUT2D eigenvalue weighted by molar-refractivity contribution is -0.139. The first kappa shape index (κ1) is 20.5. The van der Waals surface area contributed by atoms with Crippen LogP contribution in [-0.2, 0) is 9.53 Å². The van der Waals surface area contributed by atoms with E-state index in [-0.39, 0.29) is 18.0 Å². The topological polar surface area (TPSA) is 86.5 Å². The van der Waals surface area contributed by atoms with Gasteiger partial charge in [0.1, 0.15) is 0 Å². The Labute approximate surface area is 176 Å². The van der Waals surface area contributed by atoms with Crippen LogP contribution in [0.2, 0.25) is 0 Å². The Bertz CT molecular complexity index is 985. The van der Waals surface area contributed by atoms with Crippen molar-refractivity contribution in [1.29, 1.82) is 0 Å². The lowest BCUT2D eigenvalue weighted by atomic mass is 9.87. The Balaban J connectivity index is 1.48. The zero-order chi connectivity index (χ0) is 21.3. The molecule has 2 aliphatic heterocycles. The Morgan fingerprint density at radius 2 is 1.97 bits per heavy atom. The van der Waals surface area contributed by atoms with E-state index < -0.39 is 0 Å². The molecule has 1 aromatic heterocycles. The molecular weight excluding hydrogens is 380 g/mol. The Hall–Kier alpha value is -2.80. The van der Waals surface area contributed by atoms with Crippen molar-refractivity contribution in [3.05, 3.63) is 46.8 Å². The molecule has 0 saturated carbocycles. The lowest BCUT2D eigenvalue weighted by Gasteiger charge is -2.35. The number of aromatic nitrogens is 1. The smallest absolute Gasteiger partial charge is 0.337 e. The van der Waals surface area contributed by atoms with Gasteiger partial charge in [-0.15, -0.1) is 0 Å². The van der Waals surface area contributed by atoms with Gasteiger partial charge >= 0.3 is 12.0 Å². The van der Waals surface area contributed by atoms with E-state index in [4.69, 9.17) is 4.74 Å². The van der Waals surface area contributed by atoms with Gasteiger partial charge in [-0.3, -0.25) is 4.90 Å². The number of para-hydroxylation sites is 1. The van der Waals surface area contributed by atoms with Crippen molar-refractivity contribution in [2.24, 2.45) is 0 Å². The molecule has 1 unspecified atom stereocenters. The number of carbonyl (C=O) groups is 2. The summed E-state index contributed by atoms with van der Waals surface area (Å²) in [5.41, 5.74) is 5.06. The zero-order valence-electron chi connectivity index (χ0n) is 17.9. The second kappa shape index (κ2) is 8.52. The lowest BCUT2D eigenvalue weighted by Crippen LogP contribution is -2.51. The normalized spacial score (nSPS) is 20.9. The molecule has 0 bridgehead atoms. The van der Waals surface area contributed by atoms with Gasteiger partial charge in [0.05, 0.1) is 18.2 Å². The summed E-state index contributed by atoms with van der Waals surface area (Å²) in [6.07, 6.45) is 2.10. The number of carbonyl (C=O) groups excluding carboxylic acids is 2. The van der Waals surface area contributed by atoms with Crippen LogP contribution in [0.4, 0.5) is 4.79 Å². The van der Waals surface area contributed by atoms with Crippen molar-refractivity contribution >= 4 is 22.9 Å². The molecule has 1 aromatic carbocycles. The summed E-state index contributed by atoms with van der Waals surface area (Å²) in [4.78, 5) is 30.3. The van der Waals surface area contributed by atoms with E-state index in [1.54, 1.807) is 6.92 Å². The number of benzene rings is 1. The maximum Gasteiger partial charge on any atom is 0.337 e. The average Bonchev–Trinajstić information content (AvgIpc) is 3.04. The number of nitrogens with one attached hydrogen (secondary N) is 3. The van der Waals surface area contributed by atoms with Crippen LogP contribution < -0.4 is 10.6 Å². The maximum atomic E-state index is 12.4. The number of urea groups is 1. The third-order valence-electron chi connectivity index (χ3n) is 6.19. The molecule has 7 heteroatoms. The van der Waals surface area contributed by atoms with Crippen molar-refractivity contribution in [2.45, 2.75) is 45.6 Å². The number of H-pyrrole nitrogens is 1. The van der Waals surface area contributed by atoms with Crippen LogP contribution in [0.25, 0.3) is 10.9 Å². The fraction of sp³-hybridized carbons (Fsp3) is 0.478. The summed E-state index contributed by atoms with van der Waals surface area (Å²) in [5, 5.41) is 6.91. The zero-order valence-corrected chi connectivity index (χ0v) is 17.9. The highest BCUT2D eigenvalue weighted by molar-refractivity contribution is 5.94. The minimum absolute atomic E-state index is 0.269. The molecule has 0 radical (unpaired) electrons. The highest BCUT2D eigenvalue weighted by atomic mass is 16.5. The summed E-state index contributed by atoms with van der Waals surface area (Å²) in [6.45, 7) is 8.45. The largest absolute Gasteiger partial charge is 0.463 e. The van der Waals surface area contributed by atoms with Crippen molar-refractivity contribution < 1.29 is 14.3 Å². The number of rotatable bonds is 5. The van der Waals surface area contributed by atoms with E-state index >= 15 is 0 Å². The Morgan fingerprint density at radius 1 is 1.23 bits per heavy atom. The van der Waals surface area contributed by atoms with Gasteiger partial charge in [-0.25, -0.2) is 9.59 Å². The van der Waals surface area contributed by atoms with E-state index in [0.717, 1.165) is 25.9 Å². The predicted octanol–water partition coefficient (Wildman–Crippen LogP) is 3.17. The first-order chi connectivity index (χ1) is 14.5. The maximum absolute atomic E-state index is 12.4. The number of esters is 1. The molecule has 0 spiro atoms. The highest BCUT2D eigenvalue weighted by Crippen LogP contribution is 2.35. The van der Waals surface area contributed by atoms with Crippen LogP contribution in [0.5, 0.6) is 0 Å². The molecule has 30 heavy (non-hydrogen) atoms. The number of fused-ring (bicyclic) bond motifs is 1. The number of piperidine rings is 1. The van der Waals surface area contributed by atoms with Crippen molar-refractivity contribution in [1.82, 2.24) is 20.5 Å². The first-order valence-corrected chi connectivity index (χ1v) is 10.7. The van der Waals surface area contributed by atoms with Gasteiger partial charge in [0.15, 0.2) is 0 Å². The van der Waals surface area contributed by atoms with Gasteiger partial charge in [-0.1, -0.05) is 18.2 Å². The van der Waals surface area contributed by atoms with E-state index in [2.05, 4.69) is 51.7 Å². The molecule has 3 heterocycles. The average molecular weight is 411 g/mol. The minimum atomic E-state index is -0.364. The second-order valence-corrected chi connectivity index (χ2v) is 8.19. The van der Waals surface area contributed by atoms with E-state index in [0.29, 0.717) is 30.3 Å². The molecule has 1 fully saturated rings. The monoisotopic (exact) mass is 410 g/mol. The van der Waals surface area contributed by atoms with Crippen LogP contribution in [-0.4, -0.2) is 54.2 Å². The first-order valence-electron chi connectivity index (χ1n) is 10.7. The molecule has 1 saturated heterocycles. The van der Waals surface area contributed by atoms with Crippen molar-refractivity contribution in [3.8, 4) is 0 Å². The van der Waals surface area contributed by atoms with Crippen LogP contribution >= 0.6 is 0 Å². The van der Waals surface area contributed by atoms with Gasteiger partial charge < -0.3 is 20.4 Å². The minimum Gasteiger partial charge on any atom is -0.463 e. The van der Waals surface area contributed by atoms with Crippen LogP contribution in [0.3, 0.4) is 0 Å². The standard InChI is InChI=1S/C23H30N4O3/c1-4-30-22(28)21-15(3)25-23(29)26-19(21)13-27-11-9-16(10-12-27)20-14(2)24-18-8-6-5-7-17(18)20/h5-8,15-16,24H,4,9-13H2,1-3H3,(H2,25,26,29). The van der Waals surface area contributed by atoms with Crippen molar-refractivity contribution in [2.75, 3.05) is 26.2 Å². The summed E-state index contributed by atoms with van der Waals surface area (Å²) in [5.74, 6) is 0.147. The number of nitrogens with zero attached hydrogens (tertiary/aromatic N) is 1. The van der Waals surface area contributed by atoms with Gasteiger partial charge in [0.2, 0.25) is 0 Å². The fourth-order valence-corrected chi connectivity index (χ4v) is 4.83. The predicted molar refractivity (Wildman–Crippen MR) is 116 cm³/mol. The summed E-state index contributed by atoms with van der Waals surface area (Å²) >= 11 is 0. The number of aromatic amines is 1. The van der Waals surface area contributed by atoms with Crippen molar-refractivity contribution in [3.63, 3.8) is 0 Å². The van der Waals surface area contributed by atoms with Crippen LogP contribution in [0, 0.1) is 6.92 Å². The highest BCUT2D eigenvalue weighted by Gasteiger charge is 2.32. The van der Waals surface area contributed by atoms with Crippen LogP contribution in [0.1, 0.15) is 43.9 Å². The van der Waals surface area contributed by atoms with Gasteiger partial charge in [0, 0.05) is 28.8 Å². The molecule has 3 N–H and O–H groups in total. The molecule has 7 nitrogen and oxygen atoms in total.